The van der Waals surface area contributed by atoms with E-state index in [1.54, 1.807) is 11.3 Å². The van der Waals surface area contributed by atoms with Gasteiger partial charge < -0.3 is 4.42 Å². The standard InChI is InChI=1S/C13H15BrN2OS/c1-8(10-4-5-11(14)17-10)16-12(9-2-3-9)13-15-6-7-18-13/h4-9,12,16H,2-3H2,1H3. The molecular formula is C13H15BrN2OS. The highest BCUT2D eigenvalue weighted by Gasteiger charge is 2.35. The van der Waals surface area contributed by atoms with E-state index in [1.807, 2.05) is 23.7 Å². The van der Waals surface area contributed by atoms with Crippen molar-refractivity contribution in [2.75, 3.05) is 0 Å². The van der Waals surface area contributed by atoms with E-state index in [1.165, 1.54) is 17.8 Å². The van der Waals surface area contributed by atoms with Gasteiger partial charge in [0.15, 0.2) is 4.67 Å². The molecule has 0 radical (unpaired) electrons. The Labute approximate surface area is 119 Å². The van der Waals surface area contributed by atoms with Gasteiger partial charge in [-0.05, 0) is 53.7 Å². The lowest BCUT2D eigenvalue weighted by Crippen LogP contribution is -2.25. The largest absolute Gasteiger partial charge is 0.453 e. The minimum absolute atomic E-state index is 0.200. The number of hydrogen-bond donors (Lipinski definition) is 1. The minimum Gasteiger partial charge on any atom is -0.453 e. The van der Waals surface area contributed by atoms with E-state index in [9.17, 15) is 0 Å². The fourth-order valence-electron chi connectivity index (χ4n) is 2.14. The van der Waals surface area contributed by atoms with E-state index >= 15 is 0 Å². The molecule has 2 aromatic rings. The second-order valence-corrected chi connectivity index (χ2v) is 6.42. The molecule has 2 atom stereocenters. The molecule has 2 aromatic heterocycles. The molecule has 0 aliphatic heterocycles. The molecule has 3 rings (SSSR count). The number of thiazole rings is 1. The topological polar surface area (TPSA) is 38.1 Å². The molecule has 1 N–H and O–H groups in total. The van der Waals surface area contributed by atoms with Crippen LogP contribution in [0.5, 0.6) is 0 Å². The summed E-state index contributed by atoms with van der Waals surface area (Å²) in [5, 5.41) is 6.88. The first-order valence-corrected chi connectivity index (χ1v) is 7.82. The van der Waals surface area contributed by atoms with Crippen LogP contribution in [0.4, 0.5) is 0 Å². The van der Waals surface area contributed by atoms with Gasteiger partial charge in [-0.25, -0.2) is 4.98 Å². The summed E-state index contributed by atoms with van der Waals surface area (Å²) in [4.78, 5) is 4.45. The zero-order valence-corrected chi connectivity index (χ0v) is 12.5. The smallest absolute Gasteiger partial charge is 0.169 e. The molecule has 0 aromatic carbocycles. The van der Waals surface area contributed by atoms with Crippen LogP contribution in [0.2, 0.25) is 0 Å². The minimum atomic E-state index is 0.200. The predicted molar refractivity (Wildman–Crippen MR) is 75.5 cm³/mol. The van der Waals surface area contributed by atoms with Crippen LogP contribution >= 0.6 is 27.3 Å². The number of hydrogen-bond acceptors (Lipinski definition) is 4. The maximum atomic E-state index is 5.60. The van der Waals surface area contributed by atoms with Crippen molar-refractivity contribution in [3.05, 3.63) is 39.1 Å². The Bertz CT molecular complexity index is 507. The van der Waals surface area contributed by atoms with Crippen molar-refractivity contribution >= 4 is 27.3 Å². The van der Waals surface area contributed by atoms with Crippen LogP contribution in [0.1, 0.15) is 42.6 Å². The van der Waals surface area contributed by atoms with E-state index in [2.05, 4.69) is 33.2 Å². The van der Waals surface area contributed by atoms with Crippen LogP contribution in [0.3, 0.4) is 0 Å². The van der Waals surface area contributed by atoms with Gasteiger partial charge in [-0.2, -0.15) is 0 Å². The SMILES string of the molecule is CC(NC(c1nccs1)C1CC1)c1ccc(Br)o1. The van der Waals surface area contributed by atoms with Crippen LogP contribution < -0.4 is 5.32 Å². The van der Waals surface area contributed by atoms with Gasteiger partial charge in [0.2, 0.25) is 0 Å². The van der Waals surface area contributed by atoms with Gasteiger partial charge in [0.05, 0.1) is 12.1 Å². The summed E-state index contributed by atoms with van der Waals surface area (Å²) in [5.74, 6) is 1.70. The zero-order valence-electron chi connectivity index (χ0n) is 10.1. The monoisotopic (exact) mass is 326 g/mol. The Morgan fingerprint density at radius 2 is 2.33 bits per heavy atom. The summed E-state index contributed by atoms with van der Waals surface area (Å²) < 4.78 is 6.38. The molecule has 0 saturated heterocycles. The molecule has 1 saturated carbocycles. The van der Waals surface area contributed by atoms with Crippen LogP contribution in [-0.4, -0.2) is 4.98 Å². The Morgan fingerprint density at radius 3 is 2.89 bits per heavy atom. The van der Waals surface area contributed by atoms with E-state index < -0.39 is 0 Å². The molecule has 3 nitrogen and oxygen atoms in total. The second kappa shape index (κ2) is 5.15. The number of halogens is 1. The summed E-state index contributed by atoms with van der Waals surface area (Å²) in [6, 6.07) is 4.51. The fourth-order valence-corrected chi connectivity index (χ4v) is 3.25. The third-order valence-corrected chi connectivity index (χ3v) is 4.55. The second-order valence-electron chi connectivity index (χ2n) is 4.72. The summed E-state index contributed by atoms with van der Waals surface area (Å²) in [6.07, 6.45) is 4.48. The van der Waals surface area contributed by atoms with Crippen molar-refractivity contribution in [1.82, 2.24) is 10.3 Å². The molecular weight excluding hydrogens is 312 g/mol. The number of nitrogens with zero attached hydrogens (tertiary/aromatic N) is 1. The first-order valence-electron chi connectivity index (χ1n) is 6.14. The van der Waals surface area contributed by atoms with Gasteiger partial charge in [-0.15, -0.1) is 11.3 Å². The van der Waals surface area contributed by atoms with Crippen LogP contribution in [0.15, 0.2) is 32.8 Å². The molecule has 1 aliphatic rings. The summed E-state index contributed by atoms with van der Waals surface area (Å²) >= 11 is 5.07. The van der Waals surface area contributed by atoms with Crippen molar-refractivity contribution in [1.29, 1.82) is 0 Å². The van der Waals surface area contributed by atoms with Crippen LogP contribution in [0.25, 0.3) is 0 Å². The lowest BCUT2D eigenvalue weighted by atomic mass is 10.1. The quantitative estimate of drug-likeness (QED) is 0.890. The van der Waals surface area contributed by atoms with Crippen LogP contribution in [0, 0.1) is 5.92 Å². The number of aromatic nitrogens is 1. The lowest BCUT2D eigenvalue weighted by Gasteiger charge is -2.20. The summed E-state index contributed by atoms with van der Waals surface area (Å²) in [7, 11) is 0. The first-order chi connectivity index (χ1) is 8.74. The third-order valence-electron chi connectivity index (χ3n) is 3.26. The van der Waals surface area contributed by atoms with Crippen molar-refractivity contribution < 1.29 is 4.42 Å². The molecule has 1 aliphatic carbocycles. The summed E-state index contributed by atoms with van der Waals surface area (Å²) in [6.45, 7) is 2.13. The van der Waals surface area contributed by atoms with E-state index in [4.69, 9.17) is 4.42 Å². The highest BCUT2D eigenvalue weighted by atomic mass is 79.9. The van der Waals surface area contributed by atoms with E-state index in [0.29, 0.717) is 6.04 Å². The van der Waals surface area contributed by atoms with E-state index in [-0.39, 0.29) is 6.04 Å². The van der Waals surface area contributed by atoms with Gasteiger partial charge >= 0.3 is 0 Å². The van der Waals surface area contributed by atoms with Gasteiger partial charge in [0.25, 0.3) is 0 Å². The van der Waals surface area contributed by atoms with Crippen molar-refractivity contribution in [3.63, 3.8) is 0 Å². The van der Waals surface area contributed by atoms with Crippen LogP contribution in [-0.2, 0) is 0 Å². The number of rotatable bonds is 5. The predicted octanol–water partition coefficient (Wildman–Crippen LogP) is 4.30. The third kappa shape index (κ3) is 2.68. The normalized spacial score (nSPS) is 18.8. The molecule has 96 valence electrons. The molecule has 2 heterocycles. The molecule has 0 bridgehead atoms. The molecule has 0 amide bonds. The zero-order chi connectivity index (χ0) is 12.5. The Balaban J connectivity index is 1.73. The van der Waals surface area contributed by atoms with Crippen molar-refractivity contribution in [3.8, 4) is 0 Å². The Hall–Kier alpha value is -0.650. The molecule has 5 heteroatoms. The number of furan rings is 1. The Kier molecular flexibility index (Phi) is 3.54. The fraction of sp³-hybridized carbons (Fsp3) is 0.462. The summed E-state index contributed by atoms with van der Waals surface area (Å²) in [5.41, 5.74) is 0. The molecule has 2 unspecified atom stereocenters. The van der Waals surface area contributed by atoms with Gasteiger partial charge in [-0.3, -0.25) is 5.32 Å². The maximum Gasteiger partial charge on any atom is 0.169 e. The Morgan fingerprint density at radius 1 is 1.50 bits per heavy atom. The highest BCUT2D eigenvalue weighted by molar-refractivity contribution is 9.10. The lowest BCUT2D eigenvalue weighted by molar-refractivity contribution is 0.365. The molecule has 1 fully saturated rings. The van der Waals surface area contributed by atoms with Gasteiger partial charge in [0, 0.05) is 11.6 Å². The first kappa shape index (κ1) is 12.4. The average Bonchev–Trinajstić information content (AvgIpc) is 2.88. The highest BCUT2D eigenvalue weighted by Crippen LogP contribution is 2.42. The van der Waals surface area contributed by atoms with Crippen molar-refractivity contribution in [2.45, 2.75) is 31.8 Å². The van der Waals surface area contributed by atoms with Gasteiger partial charge in [0.1, 0.15) is 10.8 Å². The van der Waals surface area contributed by atoms with Gasteiger partial charge in [-0.1, -0.05) is 0 Å². The van der Waals surface area contributed by atoms with E-state index in [0.717, 1.165) is 16.3 Å². The molecule has 0 spiro atoms. The number of nitrogens with one attached hydrogen (secondary N) is 1. The molecule has 18 heavy (non-hydrogen) atoms. The average molecular weight is 327 g/mol. The maximum absolute atomic E-state index is 5.60. The van der Waals surface area contributed by atoms with Crippen molar-refractivity contribution in [2.24, 2.45) is 5.92 Å².